The molecule has 0 bridgehead atoms. The smallest absolute Gasteiger partial charge is 0.208 e. The number of benzene rings is 2. The Morgan fingerprint density at radius 1 is 0.964 bits per heavy atom. The number of fused-ring (bicyclic) bond motifs is 1. The molecule has 0 amide bonds. The van der Waals surface area contributed by atoms with Crippen LogP contribution < -0.4 is 0 Å². The summed E-state index contributed by atoms with van der Waals surface area (Å²) in [7, 11) is -3.65. The second-order valence-corrected chi connectivity index (χ2v) is 9.01. The van der Waals surface area contributed by atoms with Gasteiger partial charge in [-0.15, -0.1) is 0 Å². The lowest BCUT2D eigenvalue weighted by Crippen LogP contribution is -2.05. The molecule has 0 N–H and O–H groups in total. The minimum absolute atomic E-state index is 0.339. The summed E-state index contributed by atoms with van der Waals surface area (Å²) in [5, 5.41) is 0.804. The van der Waals surface area contributed by atoms with Crippen molar-refractivity contribution in [2.75, 3.05) is 0 Å². The van der Waals surface area contributed by atoms with Gasteiger partial charge in [-0.1, -0.05) is 12.1 Å². The van der Waals surface area contributed by atoms with E-state index in [9.17, 15) is 8.42 Å². The summed E-state index contributed by atoms with van der Waals surface area (Å²) in [4.78, 5) is 4.95. The Morgan fingerprint density at radius 3 is 2.39 bits per heavy atom. The number of sulfone groups is 1. The highest BCUT2D eigenvalue weighted by atomic mass is 32.2. The maximum atomic E-state index is 13.6. The van der Waals surface area contributed by atoms with Gasteiger partial charge in [0.1, 0.15) is 0 Å². The largest absolute Gasteiger partial charge is 0.346 e. The predicted octanol–water partition coefficient (Wildman–Crippen LogP) is 4.60. The fourth-order valence-electron chi connectivity index (χ4n) is 3.73. The van der Waals surface area contributed by atoms with Gasteiger partial charge < -0.3 is 9.13 Å². The van der Waals surface area contributed by atoms with Gasteiger partial charge in [0.2, 0.25) is 9.84 Å². The summed E-state index contributed by atoms with van der Waals surface area (Å²) in [6.45, 7) is 8.46. The highest BCUT2D eigenvalue weighted by Crippen LogP contribution is 2.34. The van der Waals surface area contributed by atoms with E-state index in [4.69, 9.17) is 0 Å². The molecule has 144 valence electrons. The van der Waals surface area contributed by atoms with Crippen molar-refractivity contribution in [1.29, 1.82) is 0 Å². The van der Waals surface area contributed by atoms with E-state index in [1.54, 1.807) is 18.6 Å². The highest BCUT2D eigenvalue weighted by molar-refractivity contribution is 7.91. The summed E-state index contributed by atoms with van der Waals surface area (Å²) >= 11 is 0. The van der Waals surface area contributed by atoms with Gasteiger partial charge in [-0.25, -0.2) is 13.4 Å². The van der Waals surface area contributed by atoms with E-state index in [2.05, 4.69) is 4.98 Å². The van der Waals surface area contributed by atoms with Crippen molar-refractivity contribution in [2.24, 2.45) is 0 Å². The second kappa shape index (κ2) is 6.63. The van der Waals surface area contributed by atoms with Crippen molar-refractivity contribution in [3.8, 4) is 5.69 Å². The molecule has 0 atom stereocenters. The molecule has 0 radical (unpaired) electrons. The number of imidazole rings is 1. The van der Waals surface area contributed by atoms with Crippen LogP contribution in [0, 0.1) is 20.8 Å². The lowest BCUT2D eigenvalue weighted by molar-refractivity contribution is 0.595. The lowest BCUT2D eigenvalue weighted by atomic mass is 10.1. The molecule has 4 rings (SSSR count). The predicted molar refractivity (Wildman–Crippen MR) is 111 cm³/mol. The Hall–Kier alpha value is -2.86. The molecular weight excluding hydrogens is 370 g/mol. The third-order valence-corrected chi connectivity index (χ3v) is 7.09. The van der Waals surface area contributed by atoms with E-state index in [-0.39, 0.29) is 0 Å². The Kier molecular flexibility index (Phi) is 4.38. The zero-order valence-corrected chi connectivity index (χ0v) is 17.3. The number of aromatic nitrogens is 3. The minimum atomic E-state index is -3.65. The van der Waals surface area contributed by atoms with Gasteiger partial charge in [0.05, 0.1) is 21.8 Å². The Balaban J connectivity index is 1.89. The SMILES string of the molecule is CCn1cc(S(=O)(=O)c2ccc(-n3cnc(C)c3)cc2C)c2c(C)cccc21. The quantitative estimate of drug-likeness (QED) is 0.509. The van der Waals surface area contributed by atoms with E-state index in [0.29, 0.717) is 16.3 Å². The van der Waals surface area contributed by atoms with Crippen LogP contribution in [0.5, 0.6) is 0 Å². The first-order valence-corrected chi connectivity index (χ1v) is 10.8. The fraction of sp³-hybridized carbons (Fsp3) is 0.227. The number of rotatable bonds is 4. The molecule has 5 nitrogen and oxygen atoms in total. The van der Waals surface area contributed by atoms with Crippen LogP contribution in [0.3, 0.4) is 0 Å². The number of nitrogens with zero attached hydrogens (tertiary/aromatic N) is 3. The third-order valence-electron chi connectivity index (χ3n) is 5.17. The normalized spacial score (nSPS) is 12.0. The Morgan fingerprint density at radius 2 is 1.75 bits per heavy atom. The van der Waals surface area contributed by atoms with E-state index < -0.39 is 9.84 Å². The van der Waals surface area contributed by atoms with Crippen LogP contribution >= 0.6 is 0 Å². The molecule has 0 aliphatic heterocycles. The molecule has 2 aromatic carbocycles. The van der Waals surface area contributed by atoms with Gasteiger partial charge in [0.15, 0.2) is 0 Å². The third kappa shape index (κ3) is 2.85. The van der Waals surface area contributed by atoms with Gasteiger partial charge in [-0.05, 0) is 63.1 Å². The molecule has 28 heavy (non-hydrogen) atoms. The second-order valence-electron chi connectivity index (χ2n) is 7.12. The molecule has 0 saturated heterocycles. The summed E-state index contributed by atoms with van der Waals surface area (Å²) in [5.41, 5.74) is 4.44. The molecule has 0 fully saturated rings. The molecule has 0 saturated carbocycles. The van der Waals surface area contributed by atoms with E-state index in [1.165, 1.54) is 0 Å². The van der Waals surface area contributed by atoms with Gasteiger partial charge in [0.25, 0.3) is 0 Å². The zero-order chi connectivity index (χ0) is 20.1. The molecule has 4 aromatic rings. The molecule has 0 spiro atoms. The fourth-order valence-corrected chi connectivity index (χ4v) is 5.50. The zero-order valence-electron chi connectivity index (χ0n) is 16.5. The van der Waals surface area contributed by atoms with Crippen LogP contribution in [0.25, 0.3) is 16.6 Å². The van der Waals surface area contributed by atoms with Gasteiger partial charge >= 0.3 is 0 Å². The summed E-state index contributed by atoms with van der Waals surface area (Å²) < 4.78 is 31.0. The number of hydrogen-bond acceptors (Lipinski definition) is 3. The van der Waals surface area contributed by atoms with E-state index in [1.807, 2.05) is 73.4 Å². The average molecular weight is 394 g/mol. The number of hydrogen-bond donors (Lipinski definition) is 0. The standard InChI is InChI=1S/C22H23N3O2S/c1-5-24-13-21(22-15(2)7-6-8-19(22)24)28(26,27)20-10-9-18(11-16(20)3)25-12-17(4)23-14-25/h6-14H,5H2,1-4H3. The first kappa shape index (κ1) is 18.5. The molecule has 2 heterocycles. The van der Waals surface area contributed by atoms with Crippen molar-refractivity contribution in [2.45, 2.75) is 44.0 Å². The molecule has 2 aromatic heterocycles. The lowest BCUT2D eigenvalue weighted by Gasteiger charge is -2.10. The minimum Gasteiger partial charge on any atom is -0.346 e. The molecule has 0 aliphatic carbocycles. The van der Waals surface area contributed by atoms with Crippen molar-refractivity contribution in [1.82, 2.24) is 14.1 Å². The Labute approximate surface area is 165 Å². The number of aryl methyl sites for hydroxylation is 4. The van der Waals surface area contributed by atoms with Crippen LogP contribution in [0.2, 0.25) is 0 Å². The van der Waals surface area contributed by atoms with Crippen LogP contribution in [0.4, 0.5) is 0 Å². The maximum absolute atomic E-state index is 13.6. The summed E-state index contributed by atoms with van der Waals surface area (Å²) in [6.07, 6.45) is 5.41. The molecular formula is C22H23N3O2S. The van der Waals surface area contributed by atoms with Crippen LogP contribution in [-0.4, -0.2) is 22.5 Å². The topological polar surface area (TPSA) is 56.9 Å². The van der Waals surface area contributed by atoms with Gasteiger partial charge in [0, 0.05) is 35.5 Å². The molecule has 0 aliphatic rings. The van der Waals surface area contributed by atoms with Crippen molar-refractivity contribution < 1.29 is 8.42 Å². The van der Waals surface area contributed by atoms with Crippen molar-refractivity contribution >= 4 is 20.7 Å². The van der Waals surface area contributed by atoms with Crippen molar-refractivity contribution in [3.05, 3.63) is 71.9 Å². The van der Waals surface area contributed by atoms with Crippen molar-refractivity contribution in [3.63, 3.8) is 0 Å². The first-order valence-electron chi connectivity index (χ1n) is 9.28. The van der Waals surface area contributed by atoms with Crippen LogP contribution in [0.1, 0.15) is 23.7 Å². The van der Waals surface area contributed by atoms with E-state index in [0.717, 1.165) is 33.4 Å². The monoisotopic (exact) mass is 393 g/mol. The van der Waals surface area contributed by atoms with Gasteiger partial charge in [-0.3, -0.25) is 0 Å². The Bertz CT molecular complexity index is 1300. The molecule has 6 heteroatoms. The summed E-state index contributed by atoms with van der Waals surface area (Å²) in [5.74, 6) is 0. The first-order chi connectivity index (χ1) is 13.3. The van der Waals surface area contributed by atoms with Crippen LogP contribution in [-0.2, 0) is 16.4 Å². The van der Waals surface area contributed by atoms with Gasteiger partial charge in [-0.2, -0.15) is 0 Å². The van der Waals surface area contributed by atoms with E-state index >= 15 is 0 Å². The highest BCUT2D eigenvalue weighted by Gasteiger charge is 2.26. The molecule has 0 unspecified atom stereocenters. The van der Waals surface area contributed by atoms with Crippen LogP contribution in [0.15, 0.2) is 64.9 Å². The summed E-state index contributed by atoms with van der Waals surface area (Å²) in [6, 6.07) is 11.3. The maximum Gasteiger partial charge on any atom is 0.208 e. The average Bonchev–Trinajstić information content (AvgIpc) is 3.26.